The van der Waals surface area contributed by atoms with Crippen LogP contribution in [0.1, 0.15) is 61.5 Å². The maximum atomic E-state index is 12.3. The van der Waals surface area contributed by atoms with Gasteiger partial charge in [-0.15, -0.1) is 0 Å². The van der Waals surface area contributed by atoms with Crippen LogP contribution in [0.5, 0.6) is 0 Å². The van der Waals surface area contributed by atoms with E-state index in [0.717, 1.165) is 12.1 Å². The van der Waals surface area contributed by atoms with Gasteiger partial charge >= 0.3 is 0 Å². The third-order valence-electron chi connectivity index (χ3n) is 4.46. The summed E-state index contributed by atoms with van der Waals surface area (Å²) in [5.41, 5.74) is 1.63. The van der Waals surface area contributed by atoms with E-state index < -0.39 is 0 Å². The lowest BCUT2D eigenvalue weighted by molar-refractivity contribution is 0.0910. The summed E-state index contributed by atoms with van der Waals surface area (Å²) in [7, 11) is 1.87. The van der Waals surface area contributed by atoms with E-state index in [1.54, 1.807) is 10.9 Å². The van der Waals surface area contributed by atoms with E-state index in [2.05, 4.69) is 17.3 Å². The number of aryl methyl sites for hydroxylation is 1. The van der Waals surface area contributed by atoms with Gasteiger partial charge in [-0.1, -0.05) is 26.2 Å². The maximum Gasteiger partial charge on any atom is 0.254 e. The first-order chi connectivity index (χ1) is 9.13. The first kappa shape index (κ1) is 14.1. The molecule has 0 aliphatic heterocycles. The molecular formula is C15H25N3O. The molecule has 0 spiro atoms. The molecule has 0 bridgehead atoms. The minimum atomic E-state index is 0.0306. The minimum Gasteiger partial charge on any atom is -0.349 e. The van der Waals surface area contributed by atoms with Gasteiger partial charge in [-0.2, -0.15) is 5.10 Å². The average Bonchev–Trinajstić information content (AvgIpc) is 2.77. The number of nitrogens with one attached hydrogen (secondary N) is 1. The third kappa shape index (κ3) is 3.17. The Balaban J connectivity index is 2.01. The minimum absolute atomic E-state index is 0.0306. The number of hydrogen-bond acceptors (Lipinski definition) is 2. The molecule has 1 aromatic rings. The number of carbonyl (C=O) groups excluding carboxylic acids is 1. The molecule has 1 amide bonds. The number of nitrogens with zero attached hydrogens (tertiary/aromatic N) is 2. The van der Waals surface area contributed by atoms with Gasteiger partial charge in [0.2, 0.25) is 0 Å². The van der Waals surface area contributed by atoms with Crippen LogP contribution in [0.4, 0.5) is 0 Å². The Labute approximate surface area is 115 Å². The fraction of sp³-hybridized carbons (Fsp3) is 0.733. The van der Waals surface area contributed by atoms with Crippen LogP contribution in [0.15, 0.2) is 6.20 Å². The predicted molar refractivity (Wildman–Crippen MR) is 76.1 cm³/mol. The highest BCUT2D eigenvalue weighted by Crippen LogP contribution is 2.27. The van der Waals surface area contributed by atoms with Gasteiger partial charge in [-0.3, -0.25) is 9.48 Å². The summed E-state index contributed by atoms with van der Waals surface area (Å²) in [5.74, 6) is 0.683. The molecule has 1 aromatic heterocycles. The van der Waals surface area contributed by atoms with Crippen molar-refractivity contribution in [2.45, 2.75) is 58.4 Å². The molecule has 1 heterocycles. The number of rotatable bonds is 4. The summed E-state index contributed by atoms with van der Waals surface area (Å²) in [6.07, 6.45) is 9.15. The lowest BCUT2D eigenvalue weighted by atomic mass is 9.83. The van der Waals surface area contributed by atoms with E-state index in [-0.39, 0.29) is 5.91 Å². The molecule has 4 nitrogen and oxygen atoms in total. The number of amides is 1. The van der Waals surface area contributed by atoms with Crippen molar-refractivity contribution in [2.75, 3.05) is 0 Å². The highest BCUT2D eigenvalue weighted by Gasteiger charge is 2.25. The fourth-order valence-corrected chi connectivity index (χ4v) is 3.06. The van der Waals surface area contributed by atoms with Crippen LogP contribution in [-0.4, -0.2) is 21.7 Å². The van der Waals surface area contributed by atoms with E-state index >= 15 is 0 Å². The van der Waals surface area contributed by atoms with Crippen LogP contribution in [0.2, 0.25) is 0 Å². The van der Waals surface area contributed by atoms with Gasteiger partial charge in [0, 0.05) is 18.8 Å². The number of aromatic nitrogens is 2. The topological polar surface area (TPSA) is 46.9 Å². The molecule has 0 saturated heterocycles. The summed E-state index contributed by atoms with van der Waals surface area (Å²) in [6.45, 7) is 4.10. The molecule has 0 aromatic carbocycles. The highest BCUT2D eigenvalue weighted by atomic mass is 16.1. The second-order valence-corrected chi connectivity index (χ2v) is 5.65. The van der Waals surface area contributed by atoms with Crippen LogP contribution in [0, 0.1) is 12.8 Å². The Morgan fingerprint density at radius 2 is 2.16 bits per heavy atom. The zero-order chi connectivity index (χ0) is 13.8. The zero-order valence-electron chi connectivity index (χ0n) is 12.3. The second kappa shape index (κ2) is 6.22. The molecule has 1 fully saturated rings. The van der Waals surface area contributed by atoms with E-state index in [1.807, 2.05) is 14.0 Å². The van der Waals surface area contributed by atoms with Crippen LogP contribution in [0.3, 0.4) is 0 Å². The molecule has 1 N–H and O–H groups in total. The zero-order valence-corrected chi connectivity index (χ0v) is 12.3. The molecule has 2 rings (SSSR count). The van der Waals surface area contributed by atoms with Gasteiger partial charge < -0.3 is 5.32 Å². The van der Waals surface area contributed by atoms with Crippen LogP contribution in [-0.2, 0) is 7.05 Å². The summed E-state index contributed by atoms with van der Waals surface area (Å²) in [5, 5.41) is 7.35. The van der Waals surface area contributed by atoms with Crippen molar-refractivity contribution in [1.82, 2.24) is 15.1 Å². The molecule has 1 saturated carbocycles. The summed E-state index contributed by atoms with van der Waals surface area (Å²) in [6, 6.07) is 0.312. The number of carbonyl (C=O) groups is 1. The summed E-state index contributed by atoms with van der Waals surface area (Å²) >= 11 is 0. The summed E-state index contributed by atoms with van der Waals surface area (Å²) in [4.78, 5) is 12.3. The largest absolute Gasteiger partial charge is 0.349 e. The normalized spacial score (nSPS) is 18.3. The lowest BCUT2D eigenvalue weighted by Crippen LogP contribution is -2.40. The molecule has 0 radical (unpaired) electrons. The highest BCUT2D eigenvalue weighted by molar-refractivity contribution is 5.95. The van der Waals surface area contributed by atoms with Crippen LogP contribution < -0.4 is 5.32 Å². The molecular weight excluding hydrogens is 238 g/mol. The monoisotopic (exact) mass is 263 g/mol. The van der Waals surface area contributed by atoms with Crippen molar-refractivity contribution in [2.24, 2.45) is 13.0 Å². The van der Waals surface area contributed by atoms with E-state index in [9.17, 15) is 4.79 Å². The Morgan fingerprint density at radius 1 is 1.47 bits per heavy atom. The number of hydrogen-bond donors (Lipinski definition) is 1. The first-order valence-electron chi connectivity index (χ1n) is 7.43. The van der Waals surface area contributed by atoms with Gasteiger partial charge in [0.15, 0.2) is 0 Å². The van der Waals surface area contributed by atoms with Crippen molar-refractivity contribution < 1.29 is 4.79 Å². The van der Waals surface area contributed by atoms with Gasteiger partial charge in [-0.05, 0) is 32.1 Å². The van der Waals surface area contributed by atoms with Gasteiger partial charge in [-0.25, -0.2) is 0 Å². The van der Waals surface area contributed by atoms with Gasteiger partial charge in [0.05, 0.1) is 11.8 Å². The second-order valence-electron chi connectivity index (χ2n) is 5.65. The molecule has 106 valence electrons. The van der Waals surface area contributed by atoms with E-state index in [0.29, 0.717) is 17.5 Å². The molecule has 19 heavy (non-hydrogen) atoms. The van der Waals surface area contributed by atoms with Gasteiger partial charge in [0.25, 0.3) is 5.91 Å². The van der Waals surface area contributed by atoms with Crippen LogP contribution in [0.25, 0.3) is 0 Å². The Kier molecular flexibility index (Phi) is 4.61. The smallest absolute Gasteiger partial charge is 0.254 e. The van der Waals surface area contributed by atoms with E-state index in [1.165, 1.54) is 32.1 Å². The van der Waals surface area contributed by atoms with Gasteiger partial charge in [0.1, 0.15) is 0 Å². The van der Waals surface area contributed by atoms with E-state index in [4.69, 9.17) is 0 Å². The van der Waals surface area contributed by atoms with Crippen molar-refractivity contribution in [3.05, 3.63) is 17.5 Å². The standard InChI is InChI=1S/C15H25N3O/c1-4-14(12-8-6-5-7-9-12)17-15(19)13-10-16-18(3)11(13)2/h10,12,14H,4-9H2,1-3H3,(H,17,19). The lowest BCUT2D eigenvalue weighted by Gasteiger charge is -2.30. The summed E-state index contributed by atoms with van der Waals surface area (Å²) < 4.78 is 1.75. The Bertz CT molecular complexity index is 433. The molecule has 1 atom stereocenters. The van der Waals surface area contributed by atoms with Crippen molar-refractivity contribution in [3.8, 4) is 0 Å². The predicted octanol–water partition coefficient (Wildman–Crippen LogP) is 2.82. The molecule has 1 aliphatic carbocycles. The molecule has 1 unspecified atom stereocenters. The maximum absolute atomic E-state index is 12.3. The fourth-order valence-electron chi connectivity index (χ4n) is 3.06. The SMILES string of the molecule is CCC(NC(=O)c1cnn(C)c1C)C1CCCCC1. The van der Waals surface area contributed by atoms with Crippen molar-refractivity contribution in [1.29, 1.82) is 0 Å². The van der Waals surface area contributed by atoms with Crippen molar-refractivity contribution >= 4 is 5.91 Å². The average molecular weight is 263 g/mol. The Morgan fingerprint density at radius 3 is 2.68 bits per heavy atom. The van der Waals surface area contributed by atoms with Crippen molar-refractivity contribution in [3.63, 3.8) is 0 Å². The Hall–Kier alpha value is -1.32. The quantitative estimate of drug-likeness (QED) is 0.908. The molecule has 1 aliphatic rings. The van der Waals surface area contributed by atoms with Crippen LogP contribution >= 0.6 is 0 Å². The third-order valence-corrected chi connectivity index (χ3v) is 4.46. The molecule has 4 heteroatoms. The first-order valence-corrected chi connectivity index (χ1v) is 7.43.